The lowest BCUT2D eigenvalue weighted by molar-refractivity contribution is -0.384. The molecule has 3 rings (SSSR count). The molecule has 0 fully saturated rings. The minimum Gasteiger partial charge on any atom is -0.353 e. The molecular formula is C24H21N3O4S. The standard InChI is InChI=1S/C24H21N3O4S/c1-14-5-4-6-18(11-14)23-20(12-25)24(26-15(2)22(23)16(3)28)32-13-21(29)17-7-9-19(10-8-17)27(30)31/h4-11,23,26H,13H2,1-3H3/t23-/m1/s1. The molecular weight excluding hydrogens is 426 g/mol. The predicted octanol–water partition coefficient (Wildman–Crippen LogP) is 4.80. The van der Waals surface area contributed by atoms with Gasteiger partial charge in [-0.15, -0.1) is 0 Å². The number of benzene rings is 2. The van der Waals surface area contributed by atoms with Crippen LogP contribution in [0.25, 0.3) is 0 Å². The molecule has 1 atom stereocenters. The van der Waals surface area contributed by atoms with Gasteiger partial charge in [0.05, 0.1) is 33.3 Å². The summed E-state index contributed by atoms with van der Waals surface area (Å²) >= 11 is 1.18. The summed E-state index contributed by atoms with van der Waals surface area (Å²) in [7, 11) is 0. The van der Waals surface area contributed by atoms with Crippen LogP contribution in [0.1, 0.15) is 41.3 Å². The van der Waals surface area contributed by atoms with Gasteiger partial charge in [0.15, 0.2) is 11.6 Å². The van der Waals surface area contributed by atoms with Gasteiger partial charge in [0, 0.05) is 29.0 Å². The maximum absolute atomic E-state index is 12.6. The minimum absolute atomic E-state index is 0.0363. The number of nitro groups is 1. The number of Topliss-reactive ketones (excluding diaryl/α,β-unsaturated/α-hetero) is 2. The molecule has 0 saturated heterocycles. The summed E-state index contributed by atoms with van der Waals surface area (Å²) in [5, 5.41) is 24.4. The highest BCUT2D eigenvalue weighted by molar-refractivity contribution is 8.03. The van der Waals surface area contributed by atoms with E-state index in [-0.39, 0.29) is 23.0 Å². The molecule has 162 valence electrons. The average Bonchev–Trinajstić information content (AvgIpc) is 2.76. The highest BCUT2D eigenvalue weighted by atomic mass is 32.2. The molecule has 0 bridgehead atoms. The number of nitrogens with one attached hydrogen (secondary N) is 1. The van der Waals surface area contributed by atoms with Gasteiger partial charge < -0.3 is 5.32 Å². The lowest BCUT2D eigenvalue weighted by atomic mass is 9.80. The Hall–Kier alpha value is -3.70. The Morgan fingerprint density at radius 2 is 1.88 bits per heavy atom. The quantitative estimate of drug-likeness (QED) is 0.368. The van der Waals surface area contributed by atoms with Crippen LogP contribution in [0.5, 0.6) is 0 Å². The third-order valence-electron chi connectivity index (χ3n) is 5.15. The number of carbonyl (C=O) groups is 2. The summed E-state index contributed by atoms with van der Waals surface area (Å²) in [5.74, 6) is -0.826. The fourth-order valence-corrected chi connectivity index (χ4v) is 4.65. The van der Waals surface area contributed by atoms with Crippen molar-refractivity contribution in [1.29, 1.82) is 5.26 Å². The topological polar surface area (TPSA) is 113 Å². The molecule has 0 unspecified atom stereocenters. The van der Waals surface area contributed by atoms with Gasteiger partial charge in [-0.05, 0) is 38.5 Å². The first-order chi connectivity index (χ1) is 15.2. The second kappa shape index (κ2) is 9.62. The maximum Gasteiger partial charge on any atom is 0.269 e. The number of nitrogens with zero attached hydrogens (tertiary/aromatic N) is 2. The highest BCUT2D eigenvalue weighted by Crippen LogP contribution is 2.41. The van der Waals surface area contributed by atoms with Gasteiger partial charge in [-0.2, -0.15) is 5.26 Å². The Kier molecular flexibility index (Phi) is 6.91. The van der Waals surface area contributed by atoms with Crippen molar-refractivity contribution < 1.29 is 14.5 Å². The normalized spacial score (nSPS) is 15.8. The third-order valence-corrected chi connectivity index (χ3v) is 6.17. The maximum atomic E-state index is 12.6. The predicted molar refractivity (Wildman–Crippen MR) is 123 cm³/mol. The van der Waals surface area contributed by atoms with Gasteiger partial charge in [0.25, 0.3) is 5.69 Å². The van der Waals surface area contributed by atoms with E-state index in [9.17, 15) is 25.0 Å². The van der Waals surface area contributed by atoms with E-state index in [2.05, 4.69) is 11.4 Å². The first kappa shape index (κ1) is 23.0. The largest absolute Gasteiger partial charge is 0.353 e. The summed E-state index contributed by atoms with van der Waals surface area (Å²) in [5.41, 5.74) is 3.68. The first-order valence-corrected chi connectivity index (χ1v) is 10.8. The fourth-order valence-electron chi connectivity index (χ4n) is 3.67. The van der Waals surface area contributed by atoms with Crippen molar-refractivity contribution in [2.45, 2.75) is 26.7 Å². The second-order valence-corrected chi connectivity index (χ2v) is 8.42. The SMILES string of the molecule is CC(=O)C1=C(C)NC(SCC(=O)c2ccc([N+](=O)[O-])cc2)=C(C#N)[C@H]1c1cccc(C)c1. The van der Waals surface area contributed by atoms with Crippen LogP contribution in [0.3, 0.4) is 0 Å². The Labute approximate surface area is 190 Å². The van der Waals surface area contributed by atoms with Crippen molar-refractivity contribution in [3.8, 4) is 6.07 Å². The van der Waals surface area contributed by atoms with Crippen LogP contribution in [0.4, 0.5) is 5.69 Å². The van der Waals surface area contributed by atoms with E-state index in [1.165, 1.54) is 43.0 Å². The minimum atomic E-state index is -0.522. The summed E-state index contributed by atoms with van der Waals surface area (Å²) in [6, 6.07) is 15.3. The van der Waals surface area contributed by atoms with E-state index < -0.39 is 10.8 Å². The van der Waals surface area contributed by atoms with Gasteiger partial charge in [-0.25, -0.2) is 0 Å². The number of non-ortho nitro benzene ring substituents is 1. The van der Waals surface area contributed by atoms with E-state index in [1.54, 1.807) is 6.92 Å². The molecule has 2 aromatic rings. The van der Waals surface area contributed by atoms with E-state index in [1.807, 2.05) is 31.2 Å². The van der Waals surface area contributed by atoms with Crippen LogP contribution in [0.2, 0.25) is 0 Å². The zero-order valence-corrected chi connectivity index (χ0v) is 18.7. The molecule has 2 aromatic carbocycles. The molecule has 8 heteroatoms. The third kappa shape index (κ3) is 4.79. The number of hydrogen-bond donors (Lipinski definition) is 1. The Balaban J connectivity index is 1.91. The van der Waals surface area contributed by atoms with Crippen LogP contribution < -0.4 is 5.32 Å². The first-order valence-electron chi connectivity index (χ1n) is 9.83. The van der Waals surface area contributed by atoms with Crippen molar-refractivity contribution in [1.82, 2.24) is 5.32 Å². The molecule has 1 N–H and O–H groups in total. The molecule has 1 aliphatic rings. The molecule has 0 amide bonds. The van der Waals surface area contributed by atoms with Gasteiger partial charge in [-0.3, -0.25) is 19.7 Å². The van der Waals surface area contributed by atoms with Crippen molar-refractivity contribution in [2.24, 2.45) is 0 Å². The molecule has 1 aliphatic heterocycles. The van der Waals surface area contributed by atoms with Gasteiger partial charge in [0.1, 0.15) is 0 Å². The van der Waals surface area contributed by atoms with Crippen molar-refractivity contribution in [2.75, 3.05) is 5.75 Å². The number of dihydropyridines is 1. The van der Waals surface area contributed by atoms with Crippen LogP contribution >= 0.6 is 11.8 Å². The highest BCUT2D eigenvalue weighted by Gasteiger charge is 2.33. The van der Waals surface area contributed by atoms with E-state index >= 15 is 0 Å². The lowest BCUT2D eigenvalue weighted by Gasteiger charge is -2.29. The number of allylic oxidation sites excluding steroid dienone is 3. The number of thioether (sulfide) groups is 1. The fraction of sp³-hybridized carbons (Fsp3) is 0.208. The molecule has 7 nitrogen and oxygen atoms in total. The van der Waals surface area contributed by atoms with E-state index in [0.717, 1.165) is 11.1 Å². The van der Waals surface area contributed by atoms with Gasteiger partial charge in [0.2, 0.25) is 0 Å². The number of hydrogen-bond acceptors (Lipinski definition) is 7. The second-order valence-electron chi connectivity index (χ2n) is 7.44. The Morgan fingerprint density at radius 1 is 1.19 bits per heavy atom. The summed E-state index contributed by atoms with van der Waals surface area (Å²) in [6.45, 7) is 5.21. The average molecular weight is 448 g/mol. The smallest absolute Gasteiger partial charge is 0.269 e. The molecule has 1 heterocycles. The molecule has 0 aliphatic carbocycles. The number of carbonyl (C=O) groups excluding carboxylic acids is 2. The van der Waals surface area contributed by atoms with Crippen LogP contribution in [-0.2, 0) is 4.79 Å². The molecule has 0 saturated carbocycles. The number of nitro benzene ring substituents is 1. The summed E-state index contributed by atoms with van der Waals surface area (Å²) in [6.07, 6.45) is 0. The monoisotopic (exact) mass is 447 g/mol. The van der Waals surface area contributed by atoms with Crippen LogP contribution in [0, 0.1) is 28.4 Å². The Bertz CT molecular complexity index is 1210. The van der Waals surface area contributed by atoms with Crippen LogP contribution in [-0.4, -0.2) is 22.2 Å². The van der Waals surface area contributed by atoms with Crippen LogP contribution in [0.15, 0.2) is 70.4 Å². The van der Waals surface area contributed by atoms with Crippen molar-refractivity contribution >= 4 is 29.0 Å². The number of aryl methyl sites for hydroxylation is 1. The Morgan fingerprint density at radius 3 is 2.44 bits per heavy atom. The number of nitriles is 1. The zero-order chi connectivity index (χ0) is 23.4. The van der Waals surface area contributed by atoms with Crippen molar-refractivity contribution in [3.05, 3.63) is 97.2 Å². The summed E-state index contributed by atoms with van der Waals surface area (Å²) < 4.78 is 0. The number of rotatable bonds is 7. The molecule has 0 spiro atoms. The molecule has 32 heavy (non-hydrogen) atoms. The van der Waals surface area contributed by atoms with Gasteiger partial charge in [-0.1, -0.05) is 41.6 Å². The summed E-state index contributed by atoms with van der Waals surface area (Å²) in [4.78, 5) is 35.3. The lowest BCUT2D eigenvalue weighted by Crippen LogP contribution is -2.27. The van der Waals surface area contributed by atoms with E-state index in [4.69, 9.17) is 0 Å². The molecule has 0 radical (unpaired) electrons. The zero-order valence-electron chi connectivity index (χ0n) is 17.8. The number of ketones is 2. The van der Waals surface area contributed by atoms with E-state index in [0.29, 0.717) is 27.4 Å². The van der Waals surface area contributed by atoms with Gasteiger partial charge >= 0.3 is 0 Å². The molecule has 0 aromatic heterocycles. The van der Waals surface area contributed by atoms with Crippen molar-refractivity contribution in [3.63, 3.8) is 0 Å².